The normalized spacial score (nSPS) is 22.9. The third-order valence-electron chi connectivity index (χ3n) is 5.94. The van der Waals surface area contributed by atoms with Crippen molar-refractivity contribution in [3.8, 4) is 0 Å². The highest BCUT2D eigenvalue weighted by atomic mass is 35.5. The Balaban J connectivity index is 3.16. The lowest BCUT2D eigenvalue weighted by Gasteiger charge is -2.71. The van der Waals surface area contributed by atoms with Gasteiger partial charge in [-0.2, -0.15) is 0 Å². The third kappa shape index (κ3) is 3.58. The van der Waals surface area contributed by atoms with E-state index in [1.165, 1.54) is 0 Å². The van der Waals surface area contributed by atoms with E-state index < -0.39 is 63.2 Å². The van der Waals surface area contributed by atoms with Gasteiger partial charge >= 0.3 is 12.2 Å². The molecule has 1 saturated carbocycles. The van der Waals surface area contributed by atoms with Crippen LogP contribution in [0.2, 0.25) is 5.02 Å². The monoisotopic (exact) mass is 503 g/mol. The van der Waals surface area contributed by atoms with Crippen LogP contribution in [-0.2, 0) is 5.41 Å². The Labute approximate surface area is 190 Å². The average molecular weight is 504 g/mol. The van der Waals surface area contributed by atoms with Gasteiger partial charge in [-0.15, -0.1) is 4.90 Å². The predicted octanol–water partition coefficient (Wildman–Crippen LogP) is -6.18. The Kier molecular flexibility index (Phi) is 6.57. The summed E-state index contributed by atoms with van der Waals surface area (Å²) in [5, 5.41) is 143. The molecule has 1 aromatic carbocycles. The molecular weight excluding hydrogens is 478 g/mol. The Bertz CT molecular complexity index is 839. The fourth-order valence-electron chi connectivity index (χ4n) is 4.19. The van der Waals surface area contributed by atoms with Gasteiger partial charge < -0.3 is 71.5 Å². The number of hydrogen-bond acceptors (Lipinski definition) is 15. The zero-order chi connectivity index (χ0) is 26.2. The summed E-state index contributed by atoms with van der Waals surface area (Å²) >= 11 is 5.75. The van der Waals surface area contributed by atoms with Gasteiger partial charge in [0, 0.05) is 10.9 Å². The quantitative estimate of drug-likeness (QED) is 0.154. The second kappa shape index (κ2) is 7.70. The summed E-state index contributed by atoms with van der Waals surface area (Å²) in [7, 11) is 0. The van der Waals surface area contributed by atoms with E-state index in [0.29, 0.717) is 0 Å². The first kappa shape index (κ1) is 28.1. The molecule has 33 heavy (non-hydrogen) atoms. The van der Waals surface area contributed by atoms with Crippen molar-refractivity contribution in [2.45, 2.75) is 60.6 Å². The van der Waals surface area contributed by atoms with Crippen LogP contribution >= 0.6 is 11.6 Å². The molecule has 0 spiro atoms. The van der Waals surface area contributed by atoms with Crippen molar-refractivity contribution in [2.24, 2.45) is 5.92 Å². The van der Waals surface area contributed by atoms with Gasteiger partial charge in [-0.25, -0.2) is 0 Å². The topological polar surface area (TPSA) is 286 Å². The molecule has 15 nitrogen and oxygen atoms in total. The fraction of sp³-hybridized carbons (Fsp3) is 0.647. The molecule has 0 saturated heterocycles. The van der Waals surface area contributed by atoms with Crippen molar-refractivity contribution in [1.29, 1.82) is 0 Å². The summed E-state index contributed by atoms with van der Waals surface area (Å²) in [5.41, 5.74) is -4.70. The molecule has 0 aromatic heterocycles. The SMILES string of the molecule is CC(C)C(O)(O)C(N(C(O)(O)O)C(O)(O)O)C1(c2ccc(Cl)cc2)C(O)(O)C(O)(O)C1(O)O. The minimum Gasteiger partial charge on any atom is -0.364 e. The maximum atomic E-state index is 10.8. The van der Waals surface area contributed by atoms with E-state index in [9.17, 15) is 71.5 Å². The lowest BCUT2D eigenvalue weighted by atomic mass is 9.45. The van der Waals surface area contributed by atoms with Gasteiger partial charge in [0.15, 0.2) is 5.79 Å². The molecule has 0 radical (unpaired) electrons. The van der Waals surface area contributed by atoms with Gasteiger partial charge in [-0.3, -0.25) is 0 Å². The van der Waals surface area contributed by atoms with E-state index in [-0.39, 0.29) is 5.02 Å². The summed E-state index contributed by atoms with van der Waals surface area (Å²) < 4.78 is 0. The van der Waals surface area contributed by atoms with E-state index >= 15 is 0 Å². The van der Waals surface area contributed by atoms with Crippen molar-refractivity contribution in [1.82, 2.24) is 4.90 Å². The van der Waals surface area contributed by atoms with Gasteiger partial charge in [0.2, 0.25) is 11.6 Å². The Morgan fingerprint density at radius 3 is 1.36 bits per heavy atom. The van der Waals surface area contributed by atoms with E-state index in [2.05, 4.69) is 0 Å². The zero-order valence-electron chi connectivity index (χ0n) is 17.1. The number of nitrogens with zero attached hydrogens (tertiary/aromatic N) is 1. The van der Waals surface area contributed by atoms with Crippen LogP contribution in [0.1, 0.15) is 19.4 Å². The van der Waals surface area contributed by atoms with Crippen molar-refractivity contribution < 1.29 is 71.5 Å². The van der Waals surface area contributed by atoms with E-state index in [1.807, 2.05) is 0 Å². The highest BCUT2D eigenvalue weighted by Gasteiger charge is 2.94. The third-order valence-corrected chi connectivity index (χ3v) is 6.19. The molecule has 0 bridgehead atoms. The Hall–Kier alpha value is -1.09. The second-order valence-electron chi connectivity index (χ2n) is 8.24. The molecule has 0 aliphatic heterocycles. The summed E-state index contributed by atoms with van der Waals surface area (Å²) in [6.45, 7) is 1.94. The molecule has 2 rings (SSSR count). The minimum atomic E-state index is -4.68. The van der Waals surface area contributed by atoms with E-state index in [4.69, 9.17) is 11.6 Å². The molecule has 1 aromatic rings. The van der Waals surface area contributed by atoms with Crippen molar-refractivity contribution >= 4 is 11.6 Å². The molecule has 190 valence electrons. The Morgan fingerprint density at radius 1 is 0.697 bits per heavy atom. The number of benzene rings is 1. The second-order valence-corrected chi connectivity index (χ2v) is 8.68. The minimum absolute atomic E-state index is 0.0615. The zero-order valence-corrected chi connectivity index (χ0v) is 17.8. The first-order chi connectivity index (χ1) is 14.4. The van der Waals surface area contributed by atoms with Crippen molar-refractivity contribution in [3.63, 3.8) is 0 Å². The molecule has 14 N–H and O–H groups in total. The van der Waals surface area contributed by atoms with E-state index in [1.54, 1.807) is 0 Å². The van der Waals surface area contributed by atoms with Crippen molar-refractivity contribution in [2.75, 3.05) is 0 Å². The molecule has 1 aliphatic carbocycles. The molecule has 0 amide bonds. The fourth-order valence-corrected chi connectivity index (χ4v) is 4.32. The van der Waals surface area contributed by atoms with Crippen LogP contribution in [0.4, 0.5) is 0 Å². The number of hydrogen-bond donors (Lipinski definition) is 14. The molecule has 1 atom stereocenters. The largest absolute Gasteiger partial charge is 0.364 e. The van der Waals surface area contributed by atoms with E-state index in [0.717, 1.165) is 38.1 Å². The molecule has 1 fully saturated rings. The molecule has 1 aliphatic rings. The first-order valence-corrected chi connectivity index (χ1v) is 9.49. The maximum Gasteiger partial charge on any atom is 0.352 e. The van der Waals surface area contributed by atoms with Crippen LogP contribution in [0, 0.1) is 5.92 Å². The lowest BCUT2D eigenvalue weighted by Crippen LogP contribution is -2.99. The highest BCUT2D eigenvalue weighted by Crippen LogP contribution is 2.66. The lowest BCUT2D eigenvalue weighted by molar-refractivity contribution is -0.601. The molecular formula is C17H26ClNO14. The van der Waals surface area contributed by atoms with Gasteiger partial charge in [0.05, 0.1) is 6.04 Å². The molecule has 0 heterocycles. The van der Waals surface area contributed by atoms with Crippen molar-refractivity contribution in [3.05, 3.63) is 34.9 Å². The van der Waals surface area contributed by atoms with Crippen LogP contribution in [0.3, 0.4) is 0 Å². The summed E-state index contributed by atoms with van der Waals surface area (Å²) in [5.74, 6) is -18.4. The maximum absolute atomic E-state index is 10.8. The Morgan fingerprint density at radius 2 is 1.06 bits per heavy atom. The van der Waals surface area contributed by atoms with Crippen LogP contribution in [0.25, 0.3) is 0 Å². The summed E-state index contributed by atoms with van der Waals surface area (Å²) in [6.07, 6.45) is -9.35. The summed E-state index contributed by atoms with van der Waals surface area (Å²) in [6, 6.07) is 0.0253. The standard InChI is InChI=1S/C17H26ClNO14/c1-7(2)12(20,21)10(19(16(28,29)30)17(31,32)33)11(8-3-5-9(18)6-4-8)13(22,23)15(26,27)14(11,24)25/h3-7,10,20-33H,1-2H3. The number of halogens is 1. The number of aliphatic hydroxyl groups is 14. The van der Waals surface area contributed by atoms with Crippen LogP contribution < -0.4 is 0 Å². The molecule has 1 unspecified atom stereocenters. The van der Waals surface area contributed by atoms with Gasteiger partial charge in [0.1, 0.15) is 5.41 Å². The van der Waals surface area contributed by atoms with Crippen LogP contribution in [0.5, 0.6) is 0 Å². The average Bonchev–Trinajstić information content (AvgIpc) is 2.59. The van der Waals surface area contributed by atoms with Gasteiger partial charge in [0.25, 0.3) is 5.79 Å². The molecule has 16 heteroatoms. The van der Waals surface area contributed by atoms with Crippen LogP contribution in [0.15, 0.2) is 24.3 Å². The number of rotatable bonds is 7. The van der Waals surface area contributed by atoms with Gasteiger partial charge in [-0.1, -0.05) is 37.6 Å². The van der Waals surface area contributed by atoms with Crippen LogP contribution in [-0.4, -0.2) is 118 Å². The predicted molar refractivity (Wildman–Crippen MR) is 101 cm³/mol. The summed E-state index contributed by atoms with van der Waals surface area (Å²) in [4.78, 5) is -1.16. The van der Waals surface area contributed by atoms with Gasteiger partial charge in [-0.05, 0) is 17.7 Å². The first-order valence-electron chi connectivity index (χ1n) is 9.12. The highest BCUT2D eigenvalue weighted by molar-refractivity contribution is 6.30. The smallest absolute Gasteiger partial charge is 0.352 e.